The van der Waals surface area contributed by atoms with Crippen molar-refractivity contribution in [1.82, 2.24) is 4.90 Å². The predicted molar refractivity (Wildman–Crippen MR) is 160 cm³/mol. The second-order valence-corrected chi connectivity index (χ2v) is 11.9. The summed E-state index contributed by atoms with van der Waals surface area (Å²) in [6.07, 6.45) is 1.58. The van der Waals surface area contributed by atoms with Crippen molar-refractivity contribution >= 4 is 60.6 Å². The third-order valence-electron chi connectivity index (χ3n) is 6.73. The summed E-state index contributed by atoms with van der Waals surface area (Å²) in [4.78, 5) is 27.4. The first-order valence-electron chi connectivity index (χ1n) is 12.7. The molecule has 1 fully saturated rings. The number of amides is 2. The monoisotopic (exact) mass is 581 g/mol. The Morgan fingerprint density at radius 2 is 1.51 bits per heavy atom. The topological polar surface area (TPSA) is 90.0 Å². The van der Waals surface area contributed by atoms with Gasteiger partial charge in [0.25, 0.3) is 11.1 Å². The third-order valence-corrected chi connectivity index (χ3v) is 8.93. The fraction of sp³-hybridized carbons (Fsp3) is 0.0625. The highest BCUT2D eigenvalue weighted by Gasteiger charge is 2.35. The first kappa shape index (κ1) is 26.6. The fourth-order valence-corrected chi connectivity index (χ4v) is 6.73. The molecule has 0 atom stereocenters. The van der Waals surface area contributed by atoms with Crippen molar-refractivity contribution in [2.75, 3.05) is 7.11 Å². The third kappa shape index (κ3) is 5.29. The van der Waals surface area contributed by atoms with E-state index in [0.29, 0.717) is 10.9 Å². The van der Waals surface area contributed by atoms with Gasteiger partial charge < -0.3 is 8.92 Å². The van der Waals surface area contributed by atoms with Crippen LogP contribution in [0.4, 0.5) is 4.79 Å². The van der Waals surface area contributed by atoms with Gasteiger partial charge in [-0.3, -0.25) is 14.5 Å². The highest BCUT2D eigenvalue weighted by molar-refractivity contribution is 8.18. The number of carbonyl (C=O) groups is 2. The Morgan fingerprint density at radius 1 is 0.780 bits per heavy atom. The van der Waals surface area contributed by atoms with Gasteiger partial charge in [-0.15, -0.1) is 0 Å². The van der Waals surface area contributed by atoms with Crippen molar-refractivity contribution in [3.63, 3.8) is 0 Å². The molecule has 204 valence electrons. The Hall–Kier alpha value is -4.60. The second-order valence-electron chi connectivity index (χ2n) is 9.37. The van der Waals surface area contributed by atoms with Gasteiger partial charge in [-0.25, -0.2) is 0 Å². The molecule has 5 aromatic rings. The molecule has 41 heavy (non-hydrogen) atoms. The average molecular weight is 582 g/mol. The van der Waals surface area contributed by atoms with Gasteiger partial charge in [0.15, 0.2) is 11.5 Å². The van der Waals surface area contributed by atoms with Crippen molar-refractivity contribution < 1.29 is 26.9 Å². The van der Waals surface area contributed by atoms with Gasteiger partial charge >= 0.3 is 10.1 Å². The van der Waals surface area contributed by atoms with E-state index in [1.165, 1.54) is 24.1 Å². The minimum atomic E-state index is -4.18. The van der Waals surface area contributed by atoms with E-state index in [1.807, 2.05) is 60.7 Å². The summed E-state index contributed by atoms with van der Waals surface area (Å²) >= 11 is 0.856. The van der Waals surface area contributed by atoms with Crippen LogP contribution >= 0.6 is 11.8 Å². The molecule has 1 heterocycles. The maximum absolute atomic E-state index is 13.2. The number of hydrogen-bond acceptors (Lipinski definition) is 7. The maximum Gasteiger partial charge on any atom is 0.339 e. The Kier molecular flexibility index (Phi) is 6.98. The molecule has 0 spiro atoms. The smallest absolute Gasteiger partial charge is 0.339 e. The summed E-state index contributed by atoms with van der Waals surface area (Å²) in [6, 6.07) is 30.5. The first-order valence-corrected chi connectivity index (χ1v) is 14.9. The summed E-state index contributed by atoms with van der Waals surface area (Å²) in [5, 5.41) is 3.07. The van der Waals surface area contributed by atoms with E-state index in [4.69, 9.17) is 8.92 Å². The summed E-state index contributed by atoms with van der Waals surface area (Å²) in [5.74, 6) is -0.231. The molecule has 5 aromatic carbocycles. The average Bonchev–Trinajstić information content (AvgIpc) is 3.24. The molecule has 0 N–H and O–H groups in total. The highest BCUT2D eigenvalue weighted by Crippen LogP contribution is 2.37. The van der Waals surface area contributed by atoms with Crippen LogP contribution in [0.3, 0.4) is 0 Å². The van der Waals surface area contributed by atoms with Crippen molar-refractivity contribution in [1.29, 1.82) is 0 Å². The molecule has 1 saturated heterocycles. The SMILES string of the molecule is COc1cc(/C=C2\SC(=O)N(Cc3ccc4ccccc4c3)C2=O)ccc1OS(=O)(=O)c1cccc2ccccc12. The number of rotatable bonds is 7. The Bertz CT molecular complexity index is 1980. The zero-order valence-electron chi connectivity index (χ0n) is 21.8. The van der Waals surface area contributed by atoms with Crippen LogP contribution in [0, 0.1) is 0 Å². The summed E-state index contributed by atoms with van der Waals surface area (Å²) in [7, 11) is -2.78. The van der Waals surface area contributed by atoms with E-state index in [9.17, 15) is 18.0 Å². The van der Waals surface area contributed by atoms with Crippen LogP contribution in [0.1, 0.15) is 11.1 Å². The summed E-state index contributed by atoms with van der Waals surface area (Å²) < 4.78 is 37.3. The van der Waals surface area contributed by atoms with Crippen molar-refractivity contribution in [3.8, 4) is 11.5 Å². The molecule has 0 saturated carbocycles. The molecule has 7 nitrogen and oxygen atoms in total. The Labute approximate surface area is 241 Å². The van der Waals surface area contributed by atoms with Crippen LogP contribution in [0.15, 0.2) is 113 Å². The van der Waals surface area contributed by atoms with E-state index in [-0.39, 0.29) is 33.1 Å². The summed E-state index contributed by atoms with van der Waals surface area (Å²) in [5.41, 5.74) is 1.40. The number of fused-ring (bicyclic) bond motifs is 2. The fourth-order valence-electron chi connectivity index (χ4n) is 4.73. The molecule has 0 aromatic heterocycles. The number of imide groups is 1. The number of thioether (sulfide) groups is 1. The van der Waals surface area contributed by atoms with Gasteiger partial charge in [-0.05, 0) is 69.4 Å². The van der Waals surface area contributed by atoms with Gasteiger partial charge in [0.2, 0.25) is 0 Å². The molecule has 0 unspecified atom stereocenters. The van der Waals surface area contributed by atoms with Crippen LogP contribution in [0.5, 0.6) is 11.5 Å². The minimum Gasteiger partial charge on any atom is -0.493 e. The molecule has 0 aliphatic carbocycles. The number of methoxy groups -OCH3 is 1. The van der Waals surface area contributed by atoms with E-state index < -0.39 is 16.0 Å². The molecule has 1 aliphatic heterocycles. The van der Waals surface area contributed by atoms with Gasteiger partial charge in [0, 0.05) is 5.39 Å². The summed E-state index contributed by atoms with van der Waals surface area (Å²) in [6.45, 7) is 0.162. The van der Waals surface area contributed by atoms with Gasteiger partial charge in [0.1, 0.15) is 4.90 Å². The molecule has 6 rings (SSSR count). The van der Waals surface area contributed by atoms with Crippen LogP contribution in [-0.2, 0) is 21.5 Å². The number of hydrogen-bond donors (Lipinski definition) is 0. The second kappa shape index (κ2) is 10.8. The minimum absolute atomic E-state index is 0.00185. The zero-order valence-corrected chi connectivity index (χ0v) is 23.4. The first-order chi connectivity index (χ1) is 19.8. The quantitative estimate of drug-likeness (QED) is 0.151. The van der Waals surface area contributed by atoms with E-state index in [1.54, 1.807) is 36.4 Å². The zero-order chi connectivity index (χ0) is 28.6. The molecule has 9 heteroatoms. The van der Waals surface area contributed by atoms with Crippen molar-refractivity contribution in [3.05, 3.63) is 119 Å². The van der Waals surface area contributed by atoms with Crippen LogP contribution in [0.25, 0.3) is 27.6 Å². The predicted octanol–water partition coefficient (Wildman–Crippen LogP) is 7.01. The van der Waals surface area contributed by atoms with Crippen LogP contribution in [-0.4, -0.2) is 31.6 Å². The largest absolute Gasteiger partial charge is 0.493 e. The molecule has 0 bridgehead atoms. The Balaban J connectivity index is 1.23. The van der Waals surface area contributed by atoms with E-state index >= 15 is 0 Å². The van der Waals surface area contributed by atoms with Crippen molar-refractivity contribution in [2.45, 2.75) is 11.4 Å². The standard InChI is InChI=1S/C32H23NO6S2/c1-38-28-18-21(14-16-27(28)39-41(36,37)30-12-6-10-24-8-4-5-11-26(24)30)19-29-31(34)33(32(35)40-29)20-22-13-15-23-7-2-3-9-25(23)17-22/h2-19H,20H2,1H3/b29-19-. The van der Waals surface area contributed by atoms with E-state index in [2.05, 4.69) is 0 Å². The lowest BCUT2D eigenvalue weighted by atomic mass is 10.1. The number of nitrogens with zero attached hydrogens (tertiary/aromatic N) is 1. The lowest BCUT2D eigenvalue weighted by Crippen LogP contribution is -2.27. The maximum atomic E-state index is 13.2. The molecule has 0 radical (unpaired) electrons. The highest BCUT2D eigenvalue weighted by atomic mass is 32.2. The lowest BCUT2D eigenvalue weighted by molar-refractivity contribution is -0.123. The van der Waals surface area contributed by atoms with Crippen molar-refractivity contribution in [2.24, 2.45) is 0 Å². The van der Waals surface area contributed by atoms with Crippen LogP contribution < -0.4 is 8.92 Å². The number of benzene rings is 5. The van der Waals surface area contributed by atoms with E-state index in [0.717, 1.165) is 33.5 Å². The lowest BCUT2D eigenvalue weighted by Gasteiger charge is -2.13. The van der Waals surface area contributed by atoms with Gasteiger partial charge in [0.05, 0.1) is 18.6 Å². The van der Waals surface area contributed by atoms with Crippen LogP contribution in [0.2, 0.25) is 0 Å². The molecule has 2 amide bonds. The number of ether oxygens (including phenoxy) is 1. The molecular formula is C32H23NO6S2. The molecular weight excluding hydrogens is 558 g/mol. The Morgan fingerprint density at radius 3 is 2.32 bits per heavy atom. The van der Waals surface area contributed by atoms with Gasteiger partial charge in [-0.1, -0.05) is 78.9 Å². The number of carbonyl (C=O) groups excluding carboxylic acids is 2. The van der Waals surface area contributed by atoms with Gasteiger partial charge in [-0.2, -0.15) is 8.42 Å². The normalized spacial score (nSPS) is 14.8. The molecule has 1 aliphatic rings.